The van der Waals surface area contributed by atoms with Crippen molar-refractivity contribution in [3.8, 4) is 16.9 Å². The molecular formula is C13H13F3N2O. The first-order valence-corrected chi connectivity index (χ1v) is 5.74. The quantitative estimate of drug-likeness (QED) is 0.900. The summed E-state index contributed by atoms with van der Waals surface area (Å²) in [6, 6.07) is 2.93. The van der Waals surface area contributed by atoms with Gasteiger partial charge in [0.2, 0.25) is 0 Å². The SMILES string of the molecule is CC(C)n1cc(-c2cc(C(F)(F)F)ccc2O)cn1. The van der Waals surface area contributed by atoms with Gasteiger partial charge in [0.15, 0.2) is 0 Å². The lowest BCUT2D eigenvalue weighted by Gasteiger charge is -2.09. The summed E-state index contributed by atoms with van der Waals surface area (Å²) in [7, 11) is 0. The number of aromatic hydroxyl groups is 1. The van der Waals surface area contributed by atoms with E-state index in [9.17, 15) is 18.3 Å². The summed E-state index contributed by atoms with van der Waals surface area (Å²) in [5, 5.41) is 13.7. The second-order valence-electron chi connectivity index (χ2n) is 4.53. The van der Waals surface area contributed by atoms with Gasteiger partial charge in [-0.15, -0.1) is 0 Å². The monoisotopic (exact) mass is 270 g/mol. The van der Waals surface area contributed by atoms with E-state index in [4.69, 9.17) is 0 Å². The Bertz CT molecular complexity index is 588. The van der Waals surface area contributed by atoms with Crippen molar-refractivity contribution in [2.75, 3.05) is 0 Å². The van der Waals surface area contributed by atoms with Crippen LogP contribution >= 0.6 is 0 Å². The fraction of sp³-hybridized carbons (Fsp3) is 0.308. The molecule has 0 bridgehead atoms. The molecule has 1 N–H and O–H groups in total. The van der Waals surface area contributed by atoms with E-state index in [0.717, 1.165) is 18.2 Å². The van der Waals surface area contributed by atoms with Crippen LogP contribution in [0.5, 0.6) is 5.75 Å². The lowest BCUT2D eigenvalue weighted by molar-refractivity contribution is -0.137. The number of alkyl halides is 3. The fourth-order valence-corrected chi connectivity index (χ4v) is 1.70. The minimum Gasteiger partial charge on any atom is -0.507 e. The van der Waals surface area contributed by atoms with E-state index in [1.807, 2.05) is 13.8 Å². The van der Waals surface area contributed by atoms with Crippen molar-refractivity contribution < 1.29 is 18.3 Å². The number of halogens is 3. The highest BCUT2D eigenvalue weighted by atomic mass is 19.4. The molecule has 0 fully saturated rings. The van der Waals surface area contributed by atoms with Crippen molar-refractivity contribution in [1.29, 1.82) is 0 Å². The van der Waals surface area contributed by atoms with Gasteiger partial charge in [0, 0.05) is 23.4 Å². The second kappa shape index (κ2) is 4.60. The number of benzene rings is 1. The molecule has 1 heterocycles. The molecule has 0 spiro atoms. The summed E-state index contributed by atoms with van der Waals surface area (Å²) >= 11 is 0. The van der Waals surface area contributed by atoms with Crippen LogP contribution in [0.4, 0.5) is 13.2 Å². The van der Waals surface area contributed by atoms with Crippen molar-refractivity contribution in [2.24, 2.45) is 0 Å². The molecule has 0 saturated carbocycles. The Morgan fingerprint density at radius 3 is 2.47 bits per heavy atom. The van der Waals surface area contributed by atoms with Gasteiger partial charge >= 0.3 is 6.18 Å². The maximum atomic E-state index is 12.6. The number of phenols is 1. The molecule has 1 aromatic heterocycles. The summed E-state index contributed by atoms with van der Waals surface area (Å²) in [4.78, 5) is 0. The van der Waals surface area contributed by atoms with Crippen LogP contribution in [0.2, 0.25) is 0 Å². The van der Waals surface area contributed by atoms with Crippen molar-refractivity contribution in [2.45, 2.75) is 26.1 Å². The van der Waals surface area contributed by atoms with Gasteiger partial charge in [0.25, 0.3) is 0 Å². The lowest BCUT2D eigenvalue weighted by atomic mass is 10.0. The average molecular weight is 270 g/mol. The Kier molecular flexibility index (Phi) is 3.26. The van der Waals surface area contributed by atoms with Crippen molar-refractivity contribution in [3.05, 3.63) is 36.2 Å². The zero-order valence-electron chi connectivity index (χ0n) is 10.4. The largest absolute Gasteiger partial charge is 0.507 e. The number of phenolic OH excluding ortho intramolecular Hbond substituents is 1. The van der Waals surface area contributed by atoms with Crippen LogP contribution in [0.1, 0.15) is 25.5 Å². The Hall–Kier alpha value is -1.98. The maximum absolute atomic E-state index is 12.6. The van der Waals surface area contributed by atoms with E-state index in [1.165, 1.54) is 6.20 Å². The normalized spacial score (nSPS) is 12.1. The van der Waals surface area contributed by atoms with Crippen molar-refractivity contribution in [1.82, 2.24) is 9.78 Å². The topological polar surface area (TPSA) is 38.0 Å². The van der Waals surface area contributed by atoms with E-state index < -0.39 is 11.7 Å². The number of hydrogen-bond acceptors (Lipinski definition) is 2. The summed E-state index contributed by atoms with van der Waals surface area (Å²) in [6.45, 7) is 3.81. The third-order valence-corrected chi connectivity index (χ3v) is 2.77. The first kappa shape index (κ1) is 13.5. The molecule has 102 valence electrons. The van der Waals surface area contributed by atoms with Gasteiger partial charge in [0.05, 0.1) is 11.8 Å². The van der Waals surface area contributed by atoms with Gasteiger partial charge in [-0.2, -0.15) is 18.3 Å². The first-order chi connectivity index (χ1) is 8.79. The summed E-state index contributed by atoms with van der Waals surface area (Å²) in [6.07, 6.45) is -1.38. The minimum atomic E-state index is -4.43. The molecule has 0 aliphatic rings. The zero-order valence-corrected chi connectivity index (χ0v) is 10.4. The summed E-state index contributed by atoms with van der Waals surface area (Å²) in [5.41, 5.74) is -0.211. The molecule has 0 aliphatic carbocycles. The molecule has 0 saturated heterocycles. The molecule has 1 aromatic carbocycles. The lowest BCUT2D eigenvalue weighted by Crippen LogP contribution is -2.04. The molecule has 19 heavy (non-hydrogen) atoms. The third kappa shape index (κ3) is 2.72. The van der Waals surface area contributed by atoms with E-state index in [0.29, 0.717) is 5.56 Å². The van der Waals surface area contributed by atoms with Crippen LogP contribution in [0.15, 0.2) is 30.6 Å². The predicted molar refractivity (Wildman–Crippen MR) is 64.7 cm³/mol. The van der Waals surface area contributed by atoms with Gasteiger partial charge in [-0.05, 0) is 32.0 Å². The molecule has 0 atom stereocenters. The molecule has 2 rings (SSSR count). The van der Waals surface area contributed by atoms with Crippen LogP contribution < -0.4 is 0 Å². The van der Waals surface area contributed by atoms with Crippen LogP contribution in [0.25, 0.3) is 11.1 Å². The van der Waals surface area contributed by atoms with Gasteiger partial charge in [-0.1, -0.05) is 0 Å². The predicted octanol–water partition coefficient (Wildman–Crippen LogP) is 3.86. The highest BCUT2D eigenvalue weighted by Gasteiger charge is 2.31. The highest BCUT2D eigenvalue weighted by molar-refractivity contribution is 5.69. The molecular weight excluding hydrogens is 257 g/mol. The molecule has 0 unspecified atom stereocenters. The number of aromatic nitrogens is 2. The van der Waals surface area contributed by atoms with E-state index >= 15 is 0 Å². The van der Waals surface area contributed by atoms with E-state index in [-0.39, 0.29) is 17.4 Å². The first-order valence-electron chi connectivity index (χ1n) is 5.74. The van der Waals surface area contributed by atoms with Gasteiger partial charge in [0.1, 0.15) is 5.75 Å². The van der Waals surface area contributed by atoms with Gasteiger partial charge < -0.3 is 5.11 Å². The van der Waals surface area contributed by atoms with Crippen molar-refractivity contribution >= 4 is 0 Å². The standard InChI is InChI=1S/C13H13F3N2O/c1-8(2)18-7-9(6-17-18)11-5-10(13(14,15)16)3-4-12(11)19/h3-8,19H,1-2H3. The van der Waals surface area contributed by atoms with Crippen LogP contribution in [0.3, 0.4) is 0 Å². The van der Waals surface area contributed by atoms with Crippen LogP contribution in [-0.4, -0.2) is 14.9 Å². The third-order valence-electron chi connectivity index (χ3n) is 2.77. The molecule has 2 aromatic rings. The Morgan fingerprint density at radius 2 is 1.95 bits per heavy atom. The van der Waals surface area contributed by atoms with Crippen LogP contribution in [-0.2, 0) is 6.18 Å². The molecule has 0 aliphatic heterocycles. The Labute approximate surface area is 108 Å². The summed E-state index contributed by atoms with van der Waals surface area (Å²) in [5.74, 6) is -0.198. The average Bonchev–Trinajstić information content (AvgIpc) is 2.77. The minimum absolute atomic E-state index is 0.0988. The maximum Gasteiger partial charge on any atom is 0.416 e. The molecule has 6 heteroatoms. The van der Waals surface area contributed by atoms with E-state index in [1.54, 1.807) is 10.9 Å². The highest BCUT2D eigenvalue weighted by Crippen LogP contribution is 2.36. The van der Waals surface area contributed by atoms with Crippen LogP contribution in [0, 0.1) is 0 Å². The zero-order chi connectivity index (χ0) is 14.2. The van der Waals surface area contributed by atoms with Gasteiger partial charge in [-0.25, -0.2) is 0 Å². The number of rotatable bonds is 2. The Balaban J connectivity index is 2.48. The smallest absolute Gasteiger partial charge is 0.416 e. The molecule has 3 nitrogen and oxygen atoms in total. The number of hydrogen-bond donors (Lipinski definition) is 1. The van der Waals surface area contributed by atoms with Crippen molar-refractivity contribution in [3.63, 3.8) is 0 Å². The fourth-order valence-electron chi connectivity index (χ4n) is 1.70. The second-order valence-corrected chi connectivity index (χ2v) is 4.53. The summed E-state index contributed by atoms with van der Waals surface area (Å²) < 4.78 is 39.6. The Morgan fingerprint density at radius 1 is 1.26 bits per heavy atom. The number of nitrogens with zero attached hydrogens (tertiary/aromatic N) is 2. The molecule has 0 amide bonds. The molecule has 0 radical (unpaired) electrons. The van der Waals surface area contributed by atoms with E-state index in [2.05, 4.69) is 5.10 Å². The van der Waals surface area contributed by atoms with Gasteiger partial charge in [-0.3, -0.25) is 4.68 Å².